The van der Waals surface area contributed by atoms with Crippen LogP contribution in [0.2, 0.25) is 0 Å². The molecule has 3 heteroatoms. The first kappa shape index (κ1) is 12.8. The van der Waals surface area contributed by atoms with E-state index in [-0.39, 0.29) is 17.3 Å². The Morgan fingerprint density at radius 2 is 2.35 bits per heavy atom. The molecule has 0 aliphatic carbocycles. The lowest BCUT2D eigenvalue weighted by atomic mass is 9.92. The lowest BCUT2D eigenvalue weighted by Gasteiger charge is -2.22. The predicted molar refractivity (Wildman–Crippen MR) is 67.9 cm³/mol. The monoisotopic (exact) mass is 256 g/mol. The Balaban J connectivity index is 1.99. The van der Waals surface area contributed by atoms with Gasteiger partial charge in [0.1, 0.15) is 5.82 Å². The van der Waals surface area contributed by atoms with Crippen LogP contribution in [-0.4, -0.2) is 18.1 Å². The van der Waals surface area contributed by atoms with Crippen molar-refractivity contribution in [3.05, 3.63) is 35.6 Å². The molecule has 94 valence electrons. The van der Waals surface area contributed by atoms with Gasteiger partial charge < -0.3 is 4.74 Å². The van der Waals surface area contributed by atoms with Crippen molar-refractivity contribution in [2.75, 3.05) is 6.61 Å². The van der Waals surface area contributed by atoms with Crippen LogP contribution in [0.15, 0.2) is 24.3 Å². The summed E-state index contributed by atoms with van der Waals surface area (Å²) in [7, 11) is 0. The quantitative estimate of drug-likeness (QED) is 0.745. The lowest BCUT2D eigenvalue weighted by Crippen LogP contribution is -2.25. The van der Waals surface area contributed by atoms with Gasteiger partial charge in [-0.05, 0) is 37.0 Å². The third-order valence-electron chi connectivity index (χ3n) is 3.45. The summed E-state index contributed by atoms with van der Waals surface area (Å²) in [6, 6.07) is 6.68. The van der Waals surface area contributed by atoms with Gasteiger partial charge in [0.25, 0.3) is 0 Å². The summed E-state index contributed by atoms with van der Waals surface area (Å²) < 4.78 is 18.7. The third kappa shape index (κ3) is 3.20. The second kappa shape index (κ2) is 5.83. The minimum Gasteiger partial charge on any atom is -0.378 e. The topological polar surface area (TPSA) is 9.23 Å². The smallest absolute Gasteiger partial charge is 0.123 e. The van der Waals surface area contributed by atoms with Gasteiger partial charge in [0.15, 0.2) is 0 Å². The minimum absolute atomic E-state index is 0.0317. The molecule has 1 aliphatic rings. The molecule has 3 unspecified atom stereocenters. The molecule has 0 spiro atoms. The van der Waals surface area contributed by atoms with Crippen LogP contribution in [0.4, 0.5) is 4.39 Å². The SMILES string of the molecule is CCC1OCCC1C(Cl)Cc1cccc(F)c1. The fourth-order valence-electron chi connectivity index (χ4n) is 2.54. The van der Waals surface area contributed by atoms with Crippen molar-refractivity contribution in [2.45, 2.75) is 37.7 Å². The molecule has 1 saturated heterocycles. The Bertz CT molecular complexity index is 369. The molecule has 0 N–H and O–H groups in total. The number of hydrogen-bond donors (Lipinski definition) is 0. The van der Waals surface area contributed by atoms with E-state index < -0.39 is 0 Å². The van der Waals surface area contributed by atoms with Gasteiger partial charge in [-0.2, -0.15) is 0 Å². The summed E-state index contributed by atoms with van der Waals surface area (Å²) in [5.74, 6) is 0.200. The molecule has 2 rings (SSSR count). The van der Waals surface area contributed by atoms with E-state index in [4.69, 9.17) is 16.3 Å². The second-order valence-electron chi connectivity index (χ2n) is 4.62. The van der Waals surface area contributed by atoms with E-state index >= 15 is 0 Å². The Morgan fingerprint density at radius 3 is 3.06 bits per heavy atom. The molecule has 1 fully saturated rings. The summed E-state index contributed by atoms with van der Waals surface area (Å²) in [6.45, 7) is 2.92. The Morgan fingerprint density at radius 1 is 1.53 bits per heavy atom. The zero-order valence-electron chi connectivity index (χ0n) is 10.0. The van der Waals surface area contributed by atoms with E-state index in [1.54, 1.807) is 12.1 Å². The molecular formula is C14H18ClFO. The maximum atomic E-state index is 13.1. The summed E-state index contributed by atoms with van der Waals surface area (Å²) in [5.41, 5.74) is 0.965. The Kier molecular flexibility index (Phi) is 4.41. The van der Waals surface area contributed by atoms with Crippen LogP contribution in [0.5, 0.6) is 0 Å². The van der Waals surface area contributed by atoms with Crippen molar-refractivity contribution in [3.8, 4) is 0 Å². The van der Waals surface area contributed by atoms with E-state index in [2.05, 4.69) is 6.92 Å². The van der Waals surface area contributed by atoms with Crippen LogP contribution < -0.4 is 0 Å². The van der Waals surface area contributed by atoms with Gasteiger partial charge in [0.05, 0.1) is 6.10 Å². The molecule has 17 heavy (non-hydrogen) atoms. The fourth-order valence-corrected chi connectivity index (χ4v) is 3.01. The average molecular weight is 257 g/mol. The van der Waals surface area contributed by atoms with Gasteiger partial charge in [-0.15, -0.1) is 11.6 Å². The van der Waals surface area contributed by atoms with Crippen molar-refractivity contribution in [2.24, 2.45) is 5.92 Å². The molecule has 3 atom stereocenters. The highest BCUT2D eigenvalue weighted by Gasteiger charge is 2.32. The van der Waals surface area contributed by atoms with Crippen molar-refractivity contribution < 1.29 is 9.13 Å². The predicted octanol–water partition coefficient (Wildman–Crippen LogP) is 3.79. The average Bonchev–Trinajstić information content (AvgIpc) is 2.77. The van der Waals surface area contributed by atoms with Crippen LogP contribution >= 0.6 is 11.6 Å². The highest BCUT2D eigenvalue weighted by atomic mass is 35.5. The van der Waals surface area contributed by atoms with E-state index in [9.17, 15) is 4.39 Å². The van der Waals surface area contributed by atoms with Gasteiger partial charge in [-0.3, -0.25) is 0 Å². The molecule has 0 amide bonds. The van der Waals surface area contributed by atoms with Crippen molar-refractivity contribution in [3.63, 3.8) is 0 Å². The van der Waals surface area contributed by atoms with E-state index in [1.165, 1.54) is 6.07 Å². The number of benzene rings is 1. The van der Waals surface area contributed by atoms with Crippen LogP contribution in [0, 0.1) is 11.7 Å². The van der Waals surface area contributed by atoms with Crippen LogP contribution in [0.1, 0.15) is 25.3 Å². The minimum atomic E-state index is -0.193. The highest BCUT2D eigenvalue weighted by Crippen LogP contribution is 2.31. The van der Waals surface area contributed by atoms with E-state index in [0.29, 0.717) is 12.3 Å². The van der Waals surface area contributed by atoms with E-state index in [1.807, 2.05) is 6.07 Å². The van der Waals surface area contributed by atoms with Gasteiger partial charge in [0.2, 0.25) is 0 Å². The molecule has 0 saturated carbocycles. The number of rotatable bonds is 4. The van der Waals surface area contributed by atoms with Gasteiger partial charge in [-0.25, -0.2) is 4.39 Å². The molecule has 1 heterocycles. The summed E-state index contributed by atoms with van der Waals surface area (Å²) in [6.07, 6.45) is 2.99. The van der Waals surface area contributed by atoms with Gasteiger partial charge in [0, 0.05) is 17.9 Å². The normalized spacial score (nSPS) is 26.1. The Hall–Kier alpha value is -0.600. The third-order valence-corrected chi connectivity index (χ3v) is 3.93. The van der Waals surface area contributed by atoms with Crippen molar-refractivity contribution in [1.82, 2.24) is 0 Å². The summed E-state index contributed by atoms with van der Waals surface area (Å²) >= 11 is 6.45. The van der Waals surface area contributed by atoms with Gasteiger partial charge >= 0.3 is 0 Å². The van der Waals surface area contributed by atoms with Crippen LogP contribution in [0.25, 0.3) is 0 Å². The first-order valence-electron chi connectivity index (χ1n) is 6.21. The summed E-state index contributed by atoms with van der Waals surface area (Å²) in [5, 5.41) is 0.0317. The van der Waals surface area contributed by atoms with Crippen LogP contribution in [-0.2, 0) is 11.2 Å². The molecule has 1 aliphatic heterocycles. The summed E-state index contributed by atoms with van der Waals surface area (Å²) in [4.78, 5) is 0. The van der Waals surface area contributed by atoms with Crippen LogP contribution in [0.3, 0.4) is 0 Å². The number of ether oxygens (including phenoxy) is 1. The van der Waals surface area contributed by atoms with Crippen molar-refractivity contribution in [1.29, 1.82) is 0 Å². The Labute approximate surface area is 107 Å². The van der Waals surface area contributed by atoms with E-state index in [0.717, 1.165) is 25.0 Å². The highest BCUT2D eigenvalue weighted by molar-refractivity contribution is 6.21. The first-order valence-corrected chi connectivity index (χ1v) is 6.64. The maximum absolute atomic E-state index is 13.1. The second-order valence-corrected chi connectivity index (χ2v) is 5.18. The molecule has 0 aromatic heterocycles. The molecular weight excluding hydrogens is 239 g/mol. The molecule has 0 bridgehead atoms. The van der Waals surface area contributed by atoms with Crippen molar-refractivity contribution >= 4 is 11.6 Å². The van der Waals surface area contributed by atoms with Gasteiger partial charge in [-0.1, -0.05) is 19.1 Å². The zero-order chi connectivity index (χ0) is 12.3. The molecule has 1 nitrogen and oxygen atoms in total. The molecule has 1 aromatic carbocycles. The first-order chi connectivity index (χ1) is 8.20. The largest absolute Gasteiger partial charge is 0.378 e. The number of alkyl halides is 1. The standard InChI is InChI=1S/C14H18ClFO/c1-2-14-12(6-7-17-14)13(15)9-10-4-3-5-11(16)8-10/h3-5,8,12-14H,2,6-7,9H2,1H3. The lowest BCUT2D eigenvalue weighted by molar-refractivity contribution is 0.0865. The zero-order valence-corrected chi connectivity index (χ0v) is 10.8. The molecule has 1 aromatic rings. The number of halogens is 2. The molecule has 0 radical (unpaired) electrons. The fraction of sp³-hybridized carbons (Fsp3) is 0.571. The maximum Gasteiger partial charge on any atom is 0.123 e. The number of hydrogen-bond acceptors (Lipinski definition) is 1.